The van der Waals surface area contributed by atoms with E-state index in [0.29, 0.717) is 6.04 Å². The second-order valence-electron chi connectivity index (χ2n) is 6.43. The molecule has 0 unspecified atom stereocenters. The predicted octanol–water partition coefficient (Wildman–Crippen LogP) is 3.36. The predicted molar refractivity (Wildman–Crippen MR) is 102 cm³/mol. The van der Waals surface area contributed by atoms with Crippen LogP contribution in [0.4, 0.5) is 11.8 Å². The van der Waals surface area contributed by atoms with Crippen molar-refractivity contribution < 1.29 is 0 Å². The molecule has 1 saturated heterocycles. The standard InChI is InChI=1S/C17H24ClN5S/c1-21(2)17-19-9-6-16(20-17)22(3)13-7-10-23(11-8-13)12-14-4-5-15(18)24-14/h4-6,9,13H,7-8,10-12H2,1-3H3. The number of thiophene rings is 1. The zero-order chi connectivity index (χ0) is 17.1. The number of aromatic nitrogens is 2. The fourth-order valence-corrected chi connectivity index (χ4v) is 4.19. The Morgan fingerprint density at radius 2 is 1.96 bits per heavy atom. The summed E-state index contributed by atoms with van der Waals surface area (Å²) in [7, 11) is 6.07. The molecule has 1 aliphatic rings. The molecule has 2 aromatic heterocycles. The van der Waals surface area contributed by atoms with Crippen LogP contribution in [0.5, 0.6) is 0 Å². The molecule has 5 nitrogen and oxygen atoms in total. The van der Waals surface area contributed by atoms with Crippen LogP contribution in [0.25, 0.3) is 0 Å². The summed E-state index contributed by atoms with van der Waals surface area (Å²) < 4.78 is 0.875. The van der Waals surface area contributed by atoms with E-state index in [1.807, 2.05) is 37.3 Å². The molecule has 130 valence electrons. The molecular weight excluding hydrogens is 342 g/mol. The van der Waals surface area contributed by atoms with Gasteiger partial charge in [-0.2, -0.15) is 4.98 Å². The van der Waals surface area contributed by atoms with Crippen molar-refractivity contribution in [2.24, 2.45) is 0 Å². The van der Waals surface area contributed by atoms with E-state index in [-0.39, 0.29) is 0 Å². The van der Waals surface area contributed by atoms with Crippen LogP contribution in [0.15, 0.2) is 24.4 Å². The van der Waals surface area contributed by atoms with Crippen LogP contribution >= 0.6 is 22.9 Å². The Morgan fingerprint density at radius 1 is 1.21 bits per heavy atom. The number of likely N-dealkylation sites (tertiary alicyclic amines) is 1. The van der Waals surface area contributed by atoms with E-state index in [9.17, 15) is 0 Å². The lowest BCUT2D eigenvalue weighted by atomic mass is 10.0. The van der Waals surface area contributed by atoms with Crippen molar-refractivity contribution in [3.63, 3.8) is 0 Å². The SMILES string of the molecule is CN(C)c1nccc(N(C)C2CCN(Cc3ccc(Cl)s3)CC2)n1. The molecule has 0 aliphatic carbocycles. The number of hydrogen-bond acceptors (Lipinski definition) is 6. The molecule has 1 aliphatic heterocycles. The number of piperidine rings is 1. The molecule has 0 saturated carbocycles. The summed E-state index contributed by atoms with van der Waals surface area (Å²) in [4.78, 5) is 17.0. The highest BCUT2D eigenvalue weighted by Gasteiger charge is 2.24. The summed E-state index contributed by atoms with van der Waals surface area (Å²) in [5, 5.41) is 0. The Kier molecular flexibility index (Phi) is 5.58. The van der Waals surface area contributed by atoms with Crippen LogP contribution in [0.3, 0.4) is 0 Å². The van der Waals surface area contributed by atoms with Gasteiger partial charge in [-0.25, -0.2) is 4.98 Å². The van der Waals surface area contributed by atoms with Crippen LogP contribution in [0.2, 0.25) is 4.34 Å². The number of rotatable bonds is 5. The fraction of sp³-hybridized carbons (Fsp3) is 0.529. The van der Waals surface area contributed by atoms with Gasteiger partial charge in [0.2, 0.25) is 5.95 Å². The summed E-state index contributed by atoms with van der Waals surface area (Å²) in [5.74, 6) is 1.75. The van der Waals surface area contributed by atoms with Gasteiger partial charge in [0.25, 0.3) is 0 Å². The lowest BCUT2D eigenvalue weighted by Crippen LogP contribution is -2.43. The molecule has 1 fully saturated rings. The number of nitrogens with zero attached hydrogens (tertiary/aromatic N) is 5. The average molecular weight is 366 g/mol. The van der Waals surface area contributed by atoms with Crippen molar-refractivity contribution in [1.82, 2.24) is 14.9 Å². The molecule has 0 N–H and O–H groups in total. The van der Waals surface area contributed by atoms with Gasteiger partial charge in [-0.1, -0.05) is 11.6 Å². The molecule has 3 heterocycles. The van der Waals surface area contributed by atoms with Gasteiger partial charge in [0.1, 0.15) is 5.82 Å². The normalized spacial score (nSPS) is 16.3. The third kappa shape index (κ3) is 4.18. The van der Waals surface area contributed by atoms with Gasteiger partial charge in [-0.15, -0.1) is 11.3 Å². The van der Waals surface area contributed by atoms with E-state index >= 15 is 0 Å². The molecule has 2 aromatic rings. The van der Waals surface area contributed by atoms with Gasteiger partial charge in [-0.05, 0) is 31.0 Å². The van der Waals surface area contributed by atoms with Crippen molar-refractivity contribution in [3.8, 4) is 0 Å². The highest BCUT2D eigenvalue weighted by atomic mass is 35.5. The van der Waals surface area contributed by atoms with Crippen LogP contribution in [0, 0.1) is 0 Å². The maximum atomic E-state index is 6.02. The highest BCUT2D eigenvalue weighted by molar-refractivity contribution is 7.16. The minimum atomic E-state index is 0.526. The van der Waals surface area contributed by atoms with Crippen LogP contribution in [0.1, 0.15) is 17.7 Å². The van der Waals surface area contributed by atoms with Crippen molar-refractivity contribution in [3.05, 3.63) is 33.6 Å². The van der Waals surface area contributed by atoms with Gasteiger partial charge < -0.3 is 9.80 Å². The van der Waals surface area contributed by atoms with Gasteiger partial charge in [0.05, 0.1) is 4.34 Å². The molecule has 0 bridgehead atoms. The lowest BCUT2D eigenvalue weighted by molar-refractivity contribution is 0.205. The molecule has 0 radical (unpaired) electrons. The van der Waals surface area contributed by atoms with E-state index in [1.54, 1.807) is 11.3 Å². The minimum absolute atomic E-state index is 0.526. The van der Waals surface area contributed by atoms with Gasteiger partial charge in [0.15, 0.2) is 0 Å². The molecule has 24 heavy (non-hydrogen) atoms. The lowest BCUT2D eigenvalue weighted by Gasteiger charge is -2.37. The molecule has 0 aromatic carbocycles. The second kappa shape index (κ2) is 7.68. The molecule has 0 amide bonds. The summed E-state index contributed by atoms with van der Waals surface area (Å²) in [6.07, 6.45) is 4.14. The van der Waals surface area contributed by atoms with Crippen molar-refractivity contribution in [1.29, 1.82) is 0 Å². The Labute approximate surface area is 152 Å². The van der Waals surface area contributed by atoms with E-state index in [0.717, 1.165) is 48.6 Å². The first-order chi connectivity index (χ1) is 11.5. The largest absolute Gasteiger partial charge is 0.356 e. The fourth-order valence-electron chi connectivity index (χ4n) is 3.06. The number of anilines is 2. The Bertz CT molecular complexity index is 667. The molecule has 7 heteroatoms. The zero-order valence-corrected chi connectivity index (χ0v) is 16.0. The highest BCUT2D eigenvalue weighted by Crippen LogP contribution is 2.26. The molecular formula is C17H24ClN5S. The third-order valence-corrected chi connectivity index (χ3v) is 5.72. The third-order valence-electron chi connectivity index (χ3n) is 4.50. The Balaban J connectivity index is 1.56. The topological polar surface area (TPSA) is 35.5 Å². The van der Waals surface area contributed by atoms with Crippen molar-refractivity contribution in [2.45, 2.75) is 25.4 Å². The summed E-state index contributed by atoms with van der Waals surface area (Å²) in [5.41, 5.74) is 0. The van der Waals surface area contributed by atoms with E-state index in [4.69, 9.17) is 11.6 Å². The maximum Gasteiger partial charge on any atom is 0.226 e. The van der Waals surface area contributed by atoms with Crippen LogP contribution in [-0.2, 0) is 6.54 Å². The van der Waals surface area contributed by atoms with Crippen molar-refractivity contribution in [2.75, 3.05) is 44.0 Å². The summed E-state index contributed by atoms with van der Waals surface area (Å²) >= 11 is 7.70. The molecule has 0 atom stereocenters. The summed E-state index contributed by atoms with van der Waals surface area (Å²) in [6, 6.07) is 6.64. The van der Waals surface area contributed by atoms with Gasteiger partial charge in [0, 0.05) is 57.9 Å². The number of hydrogen-bond donors (Lipinski definition) is 0. The Hall–Kier alpha value is -1.37. The maximum absolute atomic E-state index is 6.02. The Morgan fingerprint density at radius 3 is 2.58 bits per heavy atom. The number of halogens is 1. The molecule has 3 rings (SSSR count). The second-order valence-corrected chi connectivity index (χ2v) is 8.23. The minimum Gasteiger partial charge on any atom is -0.356 e. The molecule has 0 spiro atoms. The first-order valence-corrected chi connectivity index (χ1v) is 9.42. The van der Waals surface area contributed by atoms with Crippen LogP contribution in [-0.4, -0.2) is 55.1 Å². The zero-order valence-electron chi connectivity index (χ0n) is 14.4. The first kappa shape index (κ1) is 17.5. The first-order valence-electron chi connectivity index (χ1n) is 8.22. The quantitative estimate of drug-likeness (QED) is 0.811. The smallest absolute Gasteiger partial charge is 0.226 e. The van der Waals surface area contributed by atoms with E-state index in [2.05, 4.69) is 32.9 Å². The van der Waals surface area contributed by atoms with Gasteiger partial charge >= 0.3 is 0 Å². The monoisotopic (exact) mass is 365 g/mol. The van der Waals surface area contributed by atoms with Crippen LogP contribution < -0.4 is 9.80 Å². The van der Waals surface area contributed by atoms with E-state index in [1.165, 1.54) is 4.88 Å². The summed E-state index contributed by atoms with van der Waals surface area (Å²) in [6.45, 7) is 3.22. The van der Waals surface area contributed by atoms with Crippen molar-refractivity contribution >= 4 is 34.7 Å². The average Bonchev–Trinajstić information content (AvgIpc) is 3.00. The van der Waals surface area contributed by atoms with Gasteiger partial charge in [-0.3, -0.25) is 4.90 Å². The van der Waals surface area contributed by atoms with E-state index < -0.39 is 0 Å².